The maximum atomic E-state index is 13.9. The monoisotopic (exact) mass is 557 g/mol. The van der Waals surface area contributed by atoms with Crippen molar-refractivity contribution in [3.8, 4) is 5.75 Å². The number of nitrogens with zero attached hydrogens (tertiary/aromatic N) is 2. The van der Waals surface area contributed by atoms with E-state index >= 15 is 0 Å². The van der Waals surface area contributed by atoms with Crippen LogP contribution in [-0.4, -0.2) is 58.1 Å². The van der Waals surface area contributed by atoms with Crippen LogP contribution in [0.25, 0.3) is 0 Å². The third-order valence-corrected chi connectivity index (χ3v) is 7.66. The van der Waals surface area contributed by atoms with Crippen LogP contribution in [-0.2, 0) is 32.6 Å². The smallest absolute Gasteiger partial charge is 0.244 e. The standard InChI is InChI=1S/C28H32ClN3O5S/c1-20-10-8-9-13-22(20)18-31(25(28(34)30-2)16-21-11-6-5-7-12-21)27(33)19-32(38(4,35)36)23-14-15-26(37-3)24(29)17-23/h5-15,17,25H,16,18-19H2,1-4H3,(H,30,34)/t25-/m1/s1. The fraction of sp³-hybridized carbons (Fsp3) is 0.286. The van der Waals surface area contributed by atoms with E-state index in [0.717, 1.165) is 27.3 Å². The highest BCUT2D eigenvalue weighted by molar-refractivity contribution is 7.92. The predicted molar refractivity (Wildman–Crippen MR) is 150 cm³/mol. The molecule has 1 atom stereocenters. The van der Waals surface area contributed by atoms with E-state index in [2.05, 4.69) is 5.32 Å². The Balaban J connectivity index is 2.04. The molecule has 3 rings (SSSR count). The number of benzene rings is 3. The Kier molecular flexibility index (Phi) is 9.77. The number of ether oxygens (including phenoxy) is 1. The molecule has 0 saturated carbocycles. The van der Waals surface area contributed by atoms with Crippen molar-refractivity contribution < 1.29 is 22.7 Å². The molecule has 0 aliphatic rings. The summed E-state index contributed by atoms with van der Waals surface area (Å²) < 4.78 is 31.8. The van der Waals surface area contributed by atoms with Crippen molar-refractivity contribution >= 4 is 39.1 Å². The number of sulfonamides is 1. The molecule has 10 heteroatoms. The lowest BCUT2D eigenvalue weighted by Gasteiger charge is -2.33. The zero-order valence-corrected chi connectivity index (χ0v) is 23.4. The van der Waals surface area contributed by atoms with Crippen LogP contribution in [0.3, 0.4) is 0 Å². The minimum atomic E-state index is -3.89. The predicted octanol–water partition coefficient (Wildman–Crippen LogP) is 3.81. The molecule has 38 heavy (non-hydrogen) atoms. The van der Waals surface area contributed by atoms with Crippen LogP contribution >= 0.6 is 11.6 Å². The molecule has 0 spiro atoms. The molecule has 0 unspecified atom stereocenters. The number of rotatable bonds is 11. The van der Waals surface area contributed by atoms with Gasteiger partial charge in [-0.25, -0.2) is 8.42 Å². The molecule has 0 aromatic heterocycles. The molecule has 0 heterocycles. The summed E-state index contributed by atoms with van der Waals surface area (Å²) in [6.07, 6.45) is 1.27. The van der Waals surface area contributed by atoms with E-state index < -0.39 is 28.5 Å². The molecule has 1 N–H and O–H groups in total. The summed E-state index contributed by atoms with van der Waals surface area (Å²) in [5, 5.41) is 2.86. The molecular formula is C28H32ClN3O5S. The lowest BCUT2D eigenvalue weighted by Crippen LogP contribution is -2.53. The Hall–Kier alpha value is -3.56. The number of anilines is 1. The van der Waals surface area contributed by atoms with Gasteiger partial charge in [0, 0.05) is 20.0 Å². The third-order valence-electron chi connectivity index (χ3n) is 6.22. The Morgan fingerprint density at radius 1 is 1.03 bits per heavy atom. The van der Waals surface area contributed by atoms with Gasteiger partial charge in [-0.3, -0.25) is 13.9 Å². The Morgan fingerprint density at radius 3 is 2.26 bits per heavy atom. The molecule has 2 amide bonds. The Morgan fingerprint density at radius 2 is 1.68 bits per heavy atom. The molecule has 0 aliphatic heterocycles. The first kappa shape index (κ1) is 29.0. The van der Waals surface area contributed by atoms with Crippen LogP contribution in [0.5, 0.6) is 5.75 Å². The number of aryl methyl sites for hydroxylation is 1. The summed E-state index contributed by atoms with van der Waals surface area (Å²) in [5.41, 5.74) is 2.87. The molecule has 3 aromatic rings. The molecular weight excluding hydrogens is 526 g/mol. The van der Waals surface area contributed by atoms with Crippen molar-refractivity contribution in [2.75, 3.05) is 31.3 Å². The van der Waals surface area contributed by atoms with Gasteiger partial charge in [-0.1, -0.05) is 66.2 Å². The van der Waals surface area contributed by atoms with Crippen molar-refractivity contribution in [1.82, 2.24) is 10.2 Å². The lowest BCUT2D eigenvalue weighted by molar-refractivity contribution is -0.139. The van der Waals surface area contributed by atoms with E-state index in [1.165, 1.54) is 37.3 Å². The summed E-state index contributed by atoms with van der Waals surface area (Å²) in [5.74, 6) is -0.511. The third kappa shape index (κ3) is 7.26. The molecule has 0 radical (unpaired) electrons. The molecule has 0 saturated heterocycles. The molecule has 0 aliphatic carbocycles. The van der Waals surface area contributed by atoms with Gasteiger partial charge < -0.3 is 15.0 Å². The Labute approximate surface area is 229 Å². The van der Waals surface area contributed by atoms with E-state index in [1.54, 1.807) is 0 Å². The topological polar surface area (TPSA) is 96.0 Å². The molecule has 0 bridgehead atoms. The summed E-state index contributed by atoms with van der Waals surface area (Å²) in [7, 11) is -0.923. The van der Waals surface area contributed by atoms with Crippen LogP contribution in [0.2, 0.25) is 5.02 Å². The first-order valence-corrected chi connectivity index (χ1v) is 14.2. The molecule has 8 nitrogen and oxygen atoms in total. The number of hydrogen-bond donors (Lipinski definition) is 1. The maximum Gasteiger partial charge on any atom is 0.244 e. The fourth-order valence-corrected chi connectivity index (χ4v) is 5.21. The van der Waals surface area contributed by atoms with Gasteiger partial charge in [0.2, 0.25) is 21.8 Å². The highest BCUT2D eigenvalue weighted by Crippen LogP contribution is 2.30. The van der Waals surface area contributed by atoms with Crippen molar-refractivity contribution in [3.63, 3.8) is 0 Å². The van der Waals surface area contributed by atoms with Gasteiger partial charge in [-0.2, -0.15) is 0 Å². The second kappa shape index (κ2) is 12.8. The van der Waals surface area contributed by atoms with E-state index in [-0.39, 0.29) is 29.6 Å². The van der Waals surface area contributed by atoms with Gasteiger partial charge in [0.1, 0.15) is 18.3 Å². The van der Waals surface area contributed by atoms with Gasteiger partial charge in [-0.15, -0.1) is 0 Å². The highest BCUT2D eigenvalue weighted by atomic mass is 35.5. The minimum absolute atomic E-state index is 0.122. The van der Waals surface area contributed by atoms with Gasteiger partial charge in [-0.05, 0) is 41.8 Å². The quantitative estimate of drug-likeness (QED) is 0.387. The van der Waals surface area contributed by atoms with E-state index in [4.69, 9.17) is 16.3 Å². The van der Waals surface area contributed by atoms with Crippen LogP contribution in [0.15, 0.2) is 72.8 Å². The summed E-state index contributed by atoms with van der Waals surface area (Å²) >= 11 is 6.25. The summed E-state index contributed by atoms with van der Waals surface area (Å²) in [4.78, 5) is 28.5. The number of carbonyl (C=O) groups is 2. The van der Waals surface area contributed by atoms with Gasteiger partial charge in [0.25, 0.3) is 0 Å². The second-order valence-corrected chi connectivity index (χ2v) is 11.2. The Bertz CT molecular complexity index is 1380. The fourth-order valence-electron chi connectivity index (χ4n) is 4.12. The number of methoxy groups -OCH3 is 1. The normalized spacial score (nSPS) is 11.9. The van der Waals surface area contributed by atoms with Gasteiger partial charge in [0.05, 0.1) is 24.1 Å². The van der Waals surface area contributed by atoms with E-state index in [0.29, 0.717) is 5.75 Å². The first-order chi connectivity index (χ1) is 18.0. The molecule has 202 valence electrons. The van der Waals surface area contributed by atoms with Crippen molar-refractivity contribution in [2.45, 2.75) is 25.9 Å². The molecule has 3 aromatic carbocycles. The second-order valence-electron chi connectivity index (χ2n) is 8.86. The maximum absolute atomic E-state index is 13.9. The number of halogens is 1. The summed E-state index contributed by atoms with van der Waals surface area (Å²) in [6.45, 7) is 1.53. The SMILES string of the molecule is CNC(=O)[C@@H](Cc1ccccc1)N(Cc1ccccc1C)C(=O)CN(c1ccc(OC)c(Cl)c1)S(C)(=O)=O. The lowest BCUT2D eigenvalue weighted by atomic mass is 10.0. The number of hydrogen-bond acceptors (Lipinski definition) is 5. The van der Waals surface area contributed by atoms with Crippen LogP contribution in [0.1, 0.15) is 16.7 Å². The van der Waals surface area contributed by atoms with Crippen molar-refractivity contribution in [3.05, 3.63) is 94.5 Å². The first-order valence-electron chi connectivity index (χ1n) is 12.0. The highest BCUT2D eigenvalue weighted by Gasteiger charge is 2.33. The van der Waals surface area contributed by atoms with Crippen LogP contribution < -0.4 is 14.4 Å². The minimum Gasteiger partial charge on any atom is -0.495 e. The summed E-state index contributed by atoms with van der Waals surface area (Å²) in [6, 6.07) is 20.5. The van der Waals surface area contributed by atoms with Crippen LogP contribution in [0.4, 0.5) is 5.69 Å². The van der Waals surface area contributed by atoms with E-state index in [1.807, 2.05) is 61.5 Å². The zero-order valence-electron chi connectivity index (χ0n) is 21.8. The van der Waals surface area contributed by atoms with Crippen molar-refractivity contribution in [1.29, 1.82) is 0 Å². The van der Waals surface area contributed by atoms with Crippen molar-refractivity contribution in [2.24, 2.45) is 0 Å². The number of carbonyl (C=O) groups excluding carboxylic acids is 2. The largest absolute Gasteiger partial charge is 0.495 e. The number of nitrogens with one attached hydrogen (secondary N) is 1. The van der Waals surface area contributed by atoms with Gasteiger partial charge in [0.15, 0.2) is 0 Å². The number of amides is 2. The average molecular weight is 558 g/mol. The van der Waals surface area contributed by atoms with Crippen LogP contribution in [0, 0.1) is 6.92 Å². The zero-order chi connectivity index (χ0) is 27.9. The van der Waals surface area contributed by atoms with E-state index in [9.17, 15) is 18.0 Å². The number of likely N-dealkylation sites (N-methyl/N-ethyl adjacent to an activating group) is 1. The average Bonchev–Trinajstić information content (AvgIpc) is 2.89. The molecule has 0 fully saturated rings. The van der Waals surface area contributed by atoms with Gasteiger partial charge >= 0.3 is 0 Å².